The molecule has 0 amide bonds. The van der Waals surface area contributed by atoms with E-state index in [2.05, 4.69) is 10.2 Å². The number of carbonyl (C=O) groups is 1. The molecule has 2 aliphatic rings. The molecule has 1 aromatic rings. The summed E-state index contributed by atoms with van der Waals surface area (Å²) in [6.07, 6.45) is 3.74. The van der Waals surface area contributed by atoms with Gasteiger partial charge in [0.1, 0.15) is 0 Å². The summed E-state index contributed by atoms with van der Waals surface area (Å²) < 4.78 is 0. The molecule has 1 unspecified atom stereocenters. The highest BCUT2D eigenvalue weighted by Gasteiger charge is 2.34. The lowest BCUT2D eigenvalue weighted by molar-refractivity contribution is 0.0697. The second kappa shape index (κ2) is 4.74. The molecule has 5 heteroatoms. The number of nitrogen functional groups attached to an aromatic ring is 1. The third-order valence-electron chi connectivity index (χ3n) is 3.94. The van der Waals surface area contributed by atoms with Gasteiger partial charge in [0, 0.05) is 25.2 Å². The van der Waals surface area contributed by atoms with Gasteiger partial charge in [0.25, 0.3) is 0 Å². The van der Waals surface area contributed by atoms with Gasteiger partial charge in [-0.15, -0.1) is 0 Å². The Morgan fingerprint density at radius 2 is 2.16 bits per heavy atom. The smallest absolute Gasteiger partial charge is 0.335 e. The first-order valence-corrected chi connectivity index (χ1v) is 6.77. The number of rotatable bonds is 4. The first-order chi connectivity index (χ1) is 9.13. The maximum atomic E-state index is 11.0. The van der Waals surface area contributed by atoms with Crippen LogP contribution in [0.3, 0.4) is 0 Å². The molecular weight excluding hydrogens is 242 g/mol. The Bertz CT molecular complexity index is 499. The van der Waals surface area contributed by atoms with Crippen molar-refractivity contribution in [2.24, 2.45) is 0 Å². The molecule has 0 aromatic heterocycles. The fourth-order valence-corrected chi connectivity index (χ4v) is 2.71. The minimum Gasteiger partial charge on any atom is -0.478 e. The molecule has 1 heterocycles. The molecule has 1 aliphatic heterocycles. The van der Waals surface area contributed by atoms with Crippen molar-refractivity contribution >= 4 is 17.3 Å². The minimum absolute atomic E-state index is 0.272. The van der Waals surface area contributed by atoms with Gasteiger partial charge in [-0.1, -0.05) is 0 Å². The van der Waals surface area contributed by atoms with Gasteiger partial charge in [-0.3, -0.25) is 4.90 Å². The summed E-state index contributed by atoms with van der Waals surface area (Å²) in [5.41, 5.74) is 7.52. The Morgan fingerprint density at radius 3 is 2.84 bits per heavy atom. The van der Waals surface area contributed by atoms with E-state index >= 15 is 0 Å². The number of nitrogens with one attached hydrogen (secondary N) is 1. The zero-order chi connectivity index (χ0) is 13.4. The number of benzene rings is 1. The van der Waals surface area contributed by atoms with Gasteiger partial charge in [-0.05, 0) is 37.5 Å². The molecule has 1 atom stereocenters. The van der Waals surface area contributed by atoms with Crippen LogP contribution in [0.25, 0.3) is 0 Å². The first kappa shape index (κ1) is 12.3. The van der Waals surface area contributed by atoms with Crippen molar-refractivity contribution in [3.8, 4) is 0 Å². The van der Waals surface area contributed by atoms with Crippen LogP contribution in [0.15, 0.2) is 18.2 Å². The van der Waals surface area contributed by atoms with Crippen molar-refractivity contribution in [2.75, 3.05) is 24.1 Å². The second-order valence-electron chi connectivity index (χ2n) is 5.46. The summed E-state index contributed by atoms with van der Waals surface area (Å²) in [5, 5.41) is 12.4. The third-order valence-corrected chi connectivity index (χ3v) is 3.94. The number of anilines is 2. The summed E-state index contributed by atoms with van der Waals surface area (Å²) in [6, 6.07) is 5.96. The van der Waals surface area contributed by atoms with Gasteiger partial charge in [-0.2, -0.15) is 0 Å². The molecule has 5 nitrogen and oxygen atoms in total. The average molecular weight is 261 g/mol. The Kier molecular flexibility index (Phi) is 3.06. The van der Waals surface area contributed by atoms with Gasteiger partial charge in [0.05, 0.1) is 16.9 Å². The average Bonchev–Trinajstić information content (AvgIpc) is 3.13. The molecule has 1 saturated carbocycles. The van der Waals surface area contributed by atoms with Gasteiger partial charge in [-0.25, -0.2) is 4.79 Å². The van der Waals surface area contributed by atoms with Crippen LogP contribution >= 0.6 is 0 Å². The lowest BCUT2D eigenvalue weighted by atomic mass is 10.1. The Morgan fingerprint density at radius 1 is 1.37 bits per heavy atom. The van der Waals surface area contributed by atoms with Crippen molar-refractivity contribution in [2.45, 2.75) is 31.3 Å². The minimum atomic E-state index is -0.922. The highest BCUT2D eigenvalue weighted by molar-refractivity contribution is 5.90. The van der Waals surface area contributed by atoms with E-state index < -0.39 is 5.97 Å². The quantitative estimate of drug-likeness (QED) is 0.718. The number of hydrogen-bond acceptors (Lipinski definition) is 4. The predicted octanol–water partition coefficient (Wildman–Crippen LogP) is 1.62. The fourth-order valence-electron chi connectivity index (χ4n) is 2.71. The van der Waals surface area contributed by atoms with Gasteiger partial charge >= 0.3 is 5.97 Å². The number of nitrogens with zero attached hydrogens (tertiary/aromatic N) is 1. The van der Waals surface area contributed by atoms with Crippen molar-refractivity contribution in [1.29, 1.82) is 0 Å². The number of carboxylic acid groups (broad SMARTS) is 1. The Balaban J connectivity index is 1.68. The molecule has 102 valence electrons. The zero-order valence-electron chi connectivity index (χ0n) is 10.8. The summed E-state index contributed by atoms with van der Waals surface area (Å²) >= 11 is 0. The summed E-state index contributed by atoms with van der Waals surface area (Å²) in [4.78, 5) is 13.5. The van der Waals surface area contributed by atoms with Crippen LogP contribution < -0.4 is 11.1 Å². The molecule has 1 aliphatic carbocycles. The molecule has 4 N–H and O–H groups in total. The summed E-state index contributed by atoms with van der Waals surface area (Å²) in [5.74, 6) is -0.922. The Labute approximate surface area is 112 Å². The number of hydrogen-bond donors (Lipinski definition) is 3. The monoisotopic (exact) mass is 261 g/mol. The fraction of sp³-hybridized carbons (Fsp3) is 0.500. The molecule has 0 radical (unpaired) electrons. The number of aromatic carboxylic acids is 1. The van der Waals surface area contributed by atoms with Crippen molar-refractivity contribution in [1.82, 2.24) is 4.90 Å². The second-order valence-corrected chi connectivity index (χ2v) is 5.46. The number of nitrogens with two attached hydrogens (primary N) is 1. The standard InChI is InChI=1S/C14H19N3O2/c15-12-4-1-9(14(18)19)7-13(12)16-10-5-6-17(8-10)11-2-3-11/h1,4,7,10-11,16H,2-3,5-6,8,15H2,(H,18,19). The van der Waals surface area contributed by atoms with Crippen molar-refractivity contribution in [3.05, 3.63) is 23.8 Å². The normalized spacial score (nSPS) is 23.5. The zero-order valence-corrected chi connectivity index (χ0v) is 10.8. The molecular formula is C14H19N3O2. The molecule has 0 spiro atoms. The van der Waals surface area contributed by atoms with E-state index in [0.717, 1.165) is 31.2 Å². The summed E-state index contributed by atoms with van der Waals surface area (Å²) in [6.45, 7) is 2.16. The molecule has 1 aromatic carbocycles. The van der Waals surface area contributed by atoms with Crippen LogP contribution in [-0.2, 0) is 0 Å². The van der Waals surface area contributed by atoms with Crippen LogP contribution in [0.2, 0.25) is 0 Å². The molecule has 19 heavy (non-hydrogen) atoms. The van der Waals surface area contributed by atoms with E-state index in [1.807, 2.05) is 0 Å². The molecule has 1 saturated heterocycles. The van der Waals surface area contributed by atoms with Crippen LogP contribution in [0.4, 0.5) is 11.4 Å². The highest BCUT2D eigenvalue weighted by Crippen LogP contribution is 2.31. The third kappa shape index (κ3) is 2.66. The van der Waals surface area contributed by atoms with E-state index in [1.54, 1.807) is 12.1 Å². The largest absolute Gasteiger partial charge is 0.478 e. The van der Waals surface area contributed by atoms with Crippen LogP contribution in [0.1, 0.15) is 29.6 Å². The van der Waals surface area contributed by atoms with E-state index in [4.69, 9.17) is 10.8 Å². The van der Waals surface area contributed by atoms with Gasteiger partial charge in [0.15, 0.2) is 0 Å². The SMILES string of the molecule is Nc1ccc(C(=O)O)cc1NC1CCN(C2CC2)C1. The summed E-state index contributed by atoms with van der Waals surface area (Å²) in [7, 11) is 0. The van der Waals surface area contributed by atoms with E-state index in [1.165, 1.54) is 18.9 Å². The predicted molar refractivity (Wildman–Crippen MR) is 74.4 cm³/mol. The first-order valence-electron chi connectivity index (χ1n) is 6.77. The Hall–Kier alpha value is -1.75. The van der Waals surface area contributed by atoms with E-state index in [9.17, 15) is 4.79 Å². The molecule has 2 fully saturated rings. The molecule has 3 rings (SSSR count). The lowest BCUT2D eigenvalue weighted by Gasteiger charge is -2.18. The van der Waals surface area contributed by atoms with Crippen LogP contribution in [0, 0.1) is 0 Å². The number of likely N-dealkylation sites (tertiary alicyclic amines) is 1. The maximum absolute atomic E-state index is 11.0. The van der Waals surface area contributed by atoms with Crippen molar-refractivity contribution in [3.63, 3.8) is 0 Å². The highest BCUT2D eigenvalue weighted by atomic mass is 16.4. The van der Waals surface area contributed by atoms with E-state index in [0.29, 0.717) is 11.7 Å². The van der Waals surface area contributed by atoms with Crippen molar-refractivity contribution < 1.29 is 9.90 Å². The van der Waals surface area contributed by atoms with Crippen LogP contribution in [0.5, 0.6) is 0 Å². The lowest BCUT2D eigenvalue weighted by Crippen LogP contribution is -2.28. The topological polar surface area (TPSA) is 78.6 Å². The van der Waals surface area contributed by atoms with Gasteiger partial charge < -0.3 is 16.2 Å². The van der Waals surface area contributed by atoms with Crippen LogP contribution in [-0.4, -0.2) is 41.1 Å². The molecule has 0 bridgehead atoms. The number of carboxylic acids is 1. The van der Waals surface area contributed by atoms with E-state index in [-0.39, 0.29) is 5.56 Å². The maximum Gasteiger partial charge on any atom is 0.335 e. The van der Waals surface area contributed by atoms with Gasteiger partial charge in [0.2, 0.25) is 0 Å².